The van der Waals surface area contributed by atoms with Gasteiger partial charge in [0.25, 0.3) is 0 Å². The van der Waals surface area contributed by atoms with Crippen LogP contribution in [0.1, 0.15) is 39.8 Å². The predicted octanol–water partition coefficient (Wildman–Crippen LogP) is 5.45. The molecule has 0 bridgehead atoms. The molecule has 6 nitrogen and oxygen atoms in total. The van der Waals surface area contributed by atoms with Crippen LogP contribution in [0.5, 0.6) is 5.75 Å². The van der Waals surface area contributed by atoms with Gasteiger partial charge in [-0.15, -0.1) is 11.3 Å². The fraction of sp³-hybridized carbons (Fsp3) is 0.259. The van der Waals surface area contributed by atoms with E-state index in [1.165, 1.54) is 17.4 Å². The number of thiophene rings is 1. The number of aryl methyl sites for hydroxylation is 1. The zero-order valence-corrected chi connectivity index (χ0v) is 19.7. The lowest BCUT2D eigenvalue weighted by Gasteiger charge is -2.36. The van der Waals surface area contributed by atoms with Gasteiger partial charge in [-0.25, -0.2) is 0 Å². The molecule has 174 valence electrons. The third kappa shape index (κ3) is 4.84. The van der Waals surface area contributed by atoms with Crippen LogP contribution in [0.25, 0.3) is 6.08 Å². The van der Waals surface area contributed by atoms with Gasteiger partial charge in [-0.2, -0.15) is 0 Å². The number of benzene rings is 2. The average Bonchev–Trinajstić information content (AvgIpc) is 3.37. The summed E-state index contributed by atoms with van der Waals surface area (Å²) in [7, 11) is 1.55. The van der Waals surface area contributed by atoms with E-state index in [0.29, 0.717) is 16.2 Å². The monoisotopic (exact) mass is 475 g/mol. The van der Waals surface area contributed by atoms with Gasteiger partial charge in [0.15, 0.2) is 5.78 Å². The zero-order chi connectivity index (χ0) is 24.2. The lowest BCUT2D eigenvalue weighted by molar-refractivity contribution is -0.533. The summed E-state index contributed by atoms with van der Waals surface area (Å²) in [5.74, 6) is -2.60. The highest BCUT2D eigenvalue weighted by Gasteiger charge is 2.54. The summed E-state index contributed by atoms with van der Waals surface area (Å²) in [6.07, 6.45) is 2.99. The molecule has 1 saturated carbocycles. The third-order valence-electron chi connectivity index (χ3n) is 6.39. The number of allylic oxidation sites excluding steroid dienone is 1. The van der Waals surface area contributed by atoms with Crippen molar-refractivity contribution >= 4 is 29.0 Å². The smallest absolute Gasteiger partial charge is 0.229 e. The van der Waals surface area contributed by atoms with Crippen molar-refractivity contribution in [2.75, 3.05) is 7.11 Å². The fourth-order valence-corrected chi connectivity index (χ4v) is 5.57. The topological polar surface area (TPSA) is 86.5 Å². The van der Waals surface area contributed by atoms with Crippen LogP contribution in [-0.2, 0) is 9.59 Å². The summed E-state index contributed by atoms with van der Waals surface area (Å²) in [6, 6.07) is 17.1. The molecular weight excluding hydrogens is 450 g/mol. The van der Waals surface area contributed by atoms with E-state index in [1.807, 2.05) is 36.6 Å². The molecule has 0 aliphatic heterocycles. The molecule has 4 atom stereocenters. The van der Waals surface area contributed by atoms with Crippen molar-refractivity contribution in [3.05, 3.63) is 104 Å². The molecule has 0 saturated heterocycles. The molecule has 1 aromatic heterocycles. The van der Waals surface area contributed by atoms with Crippen molar-refractivity contribution in [1.82, 2.24) is 0 Å². The maximum absolute atomic E-state index is 13.4. The van der Waals surface area contributed by atoms with Crippen molar-refractivity contribution in [3.63, 3.8) is 0 Å². The minimum atomic E-state index is -1.11. The van der Waals surface area contributed by atoms with E-state index in [2.05, 4.69) is 0 Å². The predicted molar refractivity (Wildman–Crippen MR) is 132 cm³/mol. The molecule has 7 heteroatoms. The van der Waals surface area contributed by atoms with Crippen molar-refractivity contribution in [1.29, 1.82) is 0 Å². The summed E-state index contributed by atoms with van der Waals surface area (Å²) < 4.78 is 5.20. The van der Waals surface area contributed by atoms with E-state index in [4.69, 9.17) is 4.74 Å². The first kappa shape index (κ1) is 23.6. The van der Waals surface area contributed by atoms with Crippen LogP contribution in [0.2, 0.25) is 0 Å². The molecule has 1 aliphatic carbocycles. The number of nitro groups is 1. The number of hydrogen-bond donors (Lipinski definition) is 0. The van der Waals surface area contributed by atoms with Crippen LogP contribution in [0.15, 0.2) is 72.1 Å². The number of ether oxygens (including phenoxy) is 1. The molecule has 0 amide bonds. The fourth-order valence-electron chi connectivity index (χ4n) is 4.67. The Labute approximate surface area is 202 Å². The molecule has 1 unspecified atom stereocenters. The van der Waals surface area contributed by atoms with Crippen molar-refractivity contribution in [2.24, 2.45) is 5.92 Å². The second-order valence-corrected chi connectivity index (χ2v) is 9.47. The highest BCUT2D eigenvalue weighted by Crippen LogP contribution is 2.46. The molecule has 3 aromatic rings. The van der Waals surface area contributed by atoms with Crippen molar-refractivity contribution in [2.45, 2.75) is 31.2 Å². The molecular formula is C27H25NO5S. The summed E-state index contributed by atoms with van der Waals surface area (Å²) in [4.78, 5) is 39.4. The van der Waals surface area contributed by atoms with E-state index >= 15 is 0 Å². The van der Waals surface area contributed by atoms with Gasteiger partial charge in [-0.3, -0.25) is 19.7 Å². The maximum Gasteiger partial charge on any atom is 0.229 e. The first-order chi connectivity index (χ1) is 16.4. The van der Waals surface area contributed by atoms with Gasteiger partial charge in [0.2, 0.25) is 6.04 Å². The van der Waals surface area contributed by atoms with E-state index in [9.17, 15) is 19.7 Å². The Morgan fingerprint density at radius 2 is 1.82 bits per heavy atom. The largest absolute Gasteiger partial charge is 0.497 e. The van der Waals surface area contributed by atoms with Crippen molar-refractivity contribution in [3.8, 4) is 5.75 Å². The Morgan fingerprint density at radius 1 is 1.12 bits per heavy atom. The number of nitrogens with zero attached hydrogens (tertiary/aromatic N) is 1. The van der Waals surface area contributed by atoms with Gasteiger partial charge >= 0.3 is 0 Å². The van der Waals surface area contributed by atoms with Crippen LogP contribution in [-0.4, -0.2) is 29.6 Å². The van der Waals surface area contributed by atoms with Gasteiger partial charge in [-0.1, -0.05) is 54.1 Å². The van der Waals surface area contributed by atoms with Gasteiger partial charge in [0, 0.05) is 16.2 Å². The SMILES string of the molecule is COc1ccc([C@H]2CC(=O)C(C(=O)/C=C/c3ccc(C)cc3)[C@H](c3cccs3)[C@H]2[N+](=O)[O-])cc1. The Balaban J connectivity index is 1.72. The van der Waals surface area contributed by atoms with Gasteiger partial charge in [0.05, 0.1) is 24.9 Å². The second kappa shape index (κ2) is 10.1. The summed E-state index contributed by atoms with van der Waals surface area (Å²) >= 11 is 1.34. The van der Waals surface area contributed by atoms with Gasteiger partial charge in [0.1, 0.15) is 11.5 Å². The summed E-state index contributed by atoms with van der Waals surface area (Å²) in [5.41, 5.74) is 2.62. The molecule has 4 rings (SSSR count). The van der Waals surface area contributed by atoms with Crippen LogP contribution < -0.4 is 4.74 Å². The van der Waals surface area contributed by atoms with Gasteiger partial charge in [-0.05, 0) is 47.7 Å². The zero-order valence-electron chi connectivity index (χ0n) is 18.9. The molecule has 34 heavy (non-hydrogen) atoms. The lowest BCUT2D eigenvalue weighted by Crippen LogP contribution is -2.48. The Morgan fingerprint density at radius 3 is 2.41 bits per heavy atom. The first-order valence-corrected chi connectivity index (χ1v) is 11.9. The average molecular weight is 476 g/mol. The Hall–Kier alpha value is -3.58. The minimum absolute atomic E-state index is 0.0609. The molecule has 0 spiro atoms. The standard InChI is InChI=1S/C27H25NO5S/c1-17-5-7-18(8-6-17)9-14-22(29)25-23(30)16-21(19-10-12-20(33-2)13-11-19)27(28(31)32)26(25)24-4-3-15-34-24/h3-15,21,25-27H,16H2,1-2H3/b14-9+/t21-,25?,26+,27+/m1/s1. The Kier molecular flexibility index (Phi) is 7.03. The molecule has 1 aliphatic rings. The maximum atomic E-state index is 13.4. The van der Waals surface area contributed by atoms with Gasteiger partial charge < -0.3 is 4.74 Å². The summed E-state index contributed by atoms with van der Waals surface area (Å²) in [5, 5.41) is 14.2. The van der Waals surface area contributed by atoms with Crippen LogP contribution in [0, 0.1) is 23.0 Å². The van der Waals surface area contributed by atoms with E-state index in [0.717, 1.165) is 11.1 Å². The number of rotatable bonds is 7. The number of carbonyl (C=O) groups is 2. The number of carbonyl (C=O) groups excluding carboxylic acids is 2. The van der Waals surface area contributed by atoms with Crippen LogP contribution >= 0.6 is 11.3 Å². The van der Waals surface area contributed by atoms with E-state index in [-0.39, 0.29) is 17.1 Å². The summed E-state index contributed by atoms with van der Waals surface area (Å²) in [6.45, 7) is 1.97. The molecule has 0 radical (unpaired) electrons. The highest BCUT2D eigenvalue weighted by atomic mass is 32.1. The minimum Gasteiger partial charge on any atom is -0.497 e. The molecule has 2 aromatic carbocycles. The third-order valence-corrected chi connectivity index (χ3v) is 7.36. The number of Topliss-reactive ketones (excluding diaryl/α,β-unsaturated/α-hetero) is 1. The van der Waals surface area contributed by atoms with E-state index in [1.54, 1.807) is 49.6 Å². The molecule has 1 fully saturated rings. The second-order valence-electron chi connectivity index (χ2n) is 8.49. The lowest BCUT2D eigenvalue weighted by atomic mass is 9.66. The normalized spacial score (nSPS) is 22.6. The van der Waals surface area contributed by atoms with Crippen molar-refractivity contribution < 1.29 is 19.2 Å². The first-order valence-electron chi connectivity index (χ1n) is 11.0. The van der Waals surface area contributed by atoms with Crippen LogP contribution in [0.4, 0.5) is 0 Å². The molecule has 0 N–H and O–H groups in total. The number of hydrogen-bond acceptors (Lipinski definition) is 6. The number of methoxy groups -OCH3 is 1. The van der Waals surface area contributed by atoms with Crippen LogP contribution in [0.3, 0.4) is 0 Å². The quantitative estimate of drug-likeness (QED) is 0.196. The Bertz CT molecular complexity index is 1200. The highest BCUT2D eigenvalue weighted by molar-refractivity contribution is 7.10. The van der Waals surface area contributed by atoms with E-state index < -0.39 is 29.6 Å². The number of ketones is 2. The molecule has 1 heterocycles.